The lowest BCUT2D eigenvalue weighted by molar-refractivity contribution is -0.114. The van der Waals surface area contributed by atoms with Crippen LogP contribution >= 0.6 is 15.9 Å². The van der Waals surface area contributed by atoms with Crippen LogP contribution in [0.1, 0.15) is 22.3 Å². The molecule has 0 saturated heterocycles. The number of rotatable bonds is 2. The first-order valence-electron chi connectivity index (χ1n) is 5.16. The number of hydrogen-bond acceptors (Lipinski definition) is 2. The number of benzene rings is 1. The molecule has 0 atom stereocenters. The van der Waals surface area contributed by atoms with Crippen molar-refractivity contribution in [1.82, 2.24) is 0 Å². The molecule has 0 fully saturated rings. The summed E-state index contributed by atoms with van der Waals surface area (Å²) in [6.07, 6.45) is 5.63. The maximum atomic E-state index is 11.8. The van der Waals surface area contributed by atoms with Gasteiger partial charge in [-0.2, -0.15) is 0 Å². The average molecular weight is 292 g/mol. The van der Waals surface area contributed by atoms with E-state index in [4.69, 9.17) is 6.42 Å². The van der Waals surface area contributed by atoms with Gasteiger partial charge < -0.3 is 4.90 Å². The summed E-state index contributed by atoms with van der Waals surface area (Å²) in [5.41, 5.74) is 2.04. The van der Waals surface area contributed by atoms with E-state index in [0.29, 0.717) is 24.2 Å². The summed E-state index contributed by atoms with van der Waals surface area (Å²) in [5.74, 6) is 1.53. The molecule has 0 N–H and O–H groups in total. The van der Waals surface area contributed by atoms with Crippen LogP contribution in [0.15, 0.2) is 16.6 Å². The van der Waals surface area contributed by atoms with Gasteiger partial charge in [0.15, 0.2) is 0 Å². The van der Waals surface area contributed by atoms with E-state index in [9.17, 15) is 9.59 Å². The van der Waals surface area contributed by atoms with Crippen LogP contribution in [0.2, 0.25) is 0 Å². The van der Waals surface area contributed by atoms with Gasteiger partial charge in [-0.25, -0.2) is 0 Å². The number of amides is 1. The van der Waals surface area contributed by atoms with Crippen molar-refractivity contribution in [3.05, 3.63) is 27.7 Å². The number of carbonyl (C=O) groups excluding carboxylic acids is 2. The van der Waals surface area contributed by atoms with Crippen LogP contribution in [0, 0.1) is 19.3 Å². The first kappa shape index (κ1) is 11.9. The van der Waals surface area contributed by atoms with E-state index in [1.165, 1.54) is 4.90 Å². The van der Waals surface area contributed by atoms with Crippen LogP contribution in [0.4, 0.5) is 5.69 Å². The Bertz CT molecular complexity index is 557. The minimum atomic E-state index is -0.489. The molecule has 1 aromatic rings. The van der Waals surface area contributed by atoms with E-state index in [-0.39, 0.29) is 0 Å². The Labute approximate surface area is 108 Å². The molecule has 1 amide bonds. The van der Waals surface area contributed by atoms with E-state index in [2.05, 4.69) is 21.9 Å². The highest BCUT2D eigenvalue weighted by molar-refractivity contribution is 9.10. The molecule has 86 valence electrons. The van der Waals surface area contributed by atoms with Crippen molar-refractivity contribution in [2.75, 3.05) is 11.4 Å². The van der Waals surface area contributed by atoms with E-state index < -0.39 is 11.7 Å². The van der Waals surface area contributed by atoms with Gasteiger partial charge in [-0.05, 0) is 24.6 Å². The van der Waals surface area contributed by atoms with Gasteiger partial charge in [0.1, 0.15) is 0 Å². The fourth-order valence-electron chi connectivity index (χ4n) is 2.00. The van der Waals surface area contributed by atoms with Crippen molar-refractivity contribution in [3.8, 4) is 12.3 Å². The molecule has 0 aromatic heterocycles. The Balaban J connectivity index is 2.53. The molecule has 1 aliphatic heterocycles. The quantitative estimate of drug-likeness (QED) is 0.619. The van der Waals surface area contributed by atoms with Crippen LogP contribution in [0.5, 0.6) is 0 Å². The fourth-order valence-corrected chi connectivity index (χ4v) is 2.57. The Kier molecular flexibility index (Phi) is 3.03. The fraction of sp³-hybridized carbons (Fsp3) is 0.231. The highest BCUT2D eigenvalue weighted by Crippen LogP contribution is 2.34. The van der Waals surface area contributed by atoms with Crippen molar-refractivity contribution in [2.24, 2.45) is 0 Å². The van der Waals surface area contributed by atoms with Gasteiger partial charge in [0.2, 0.25) is 0 Å². The molecule has 4 heteroatoms. The molecular formula is C13H10BrNO2. The Morgan fingerprint density at radius 3 is 2.76 bits per heavy atom. The summed E-state index contributed by atoms with van der Waals surface area (Å²) in [7, 11) is 0. The lowest BCUT2D eigenvalue weighted by atomic mass is 10.1. The molecule has 3 nitrogen and oxygen atoms in total. The number of fused-ring (bicyclic) bond motifs is 1. The zero-order valence-corrected chi connectivity index (χ0v) is 10.9. The van der Waals surface area contributed by atoms with Gasteiger partial charge in [-0.1, -0.05) is 15.9 Å². The summed E-state index contributed by atoms with van der Waals surface area (Å²) in [4.78, 5) is 25.1. The summed E-state index contributed by atoms with van der Waals surface area (Å²) >= 11 is 3.32. The Morgan fingerprint density at radius 2 is 2.12 bits per heavy atom. The standard InChI is InChI=1S/C13H10BrNO2/c1-3-4-5-15-11-8(2)6-9(14)7-10(11)12(16)13(15)17/h1,6-7H,4-5H2,2H3. The second-order valence-electron chi connectivity index (χ2n) is 3.86. The Morgan fingerprint density at radius 1 is 1.41 bits per heavy atom. The summed E-state index contributed by atoms with van der Waals surface area (Å²) in [6, 6.07) is 3.56. The molecule has 1 aromatic carbocycles. The maximum absolute atomic E-state index is 11.8. The van der Waals surface area contributed by atoms with Gasteiger partial charge in [0.25, 0.3) is 11.7 Å². The maximum Gasteiger partial charge on any atom is 0.299 e. The van der Waals surface area contributed by atoms with Crippen molar-refractivity contribution in [3.63, 3.8) is 0 Å². The number of carbonyl (C=O) groups is 2. The van der Waals surface area contributed by atoms with Gasteiger partial charge >= 0.3 is 0 Å². The van der Waals surface area contributed by atoms with Crippen LogP contribution in [-0.4, -0.2) is 18.2 Å². The van der Waals surface area contributed by atoms with Crippen LogP contribution < -0.4 is 4.90 Å². The molecule has 1 heterocycles. The van der Waals surface area contributed by atoms with Crippen molar-refractivity contribution >= 4 is 33.3 Å². The van der Waals surface area contributed by atoms with Crippen LogP contribution in [-0.2, 0) is 4.79 Å². The zero-order chi connectivity index (χ0) is 12.6. The number of ketones is 1. The lowest BCUT2D eigenvalue weighted by Gasteiger charge is -2.17. The minimum Gasteiger partial charge on any atom is -0.304 e. The second-order valence-corrected chi connectivity index (χ2v) is 4.77. The van der Waals surface area contributed by atoms with Gasteiger partial charge in [-0.3, -0.25) is 9.59 Å². The van der Waals surface area contributed by atoms with Crippen molar-refractivity contribution in [1.29, 1.82) is 0 Å². The molecule has 0 bridgehead atoms. The minimum absolute atomic E-state index is 0.385. The zero-order valence-electron chi connectivity index (χ0n) is 9.29. The largest absolute Gasteiger partial charge is 0.304 e. The number of anilines is 1. The number of nitrogens with zero attached hydrogens (tertiary/aromatic N) is 1. The molecule has 1 aliphatic rings. The van der Waals surface area contributed by atoms with Gasteiger partial charge in [-0.15, -0.1) is 12.3 Å². The first-order chi connectivity index (χ1) is 8.06. The van der Waals surface area contributed by atoms with Gasteiger partial charge in [0.05, 0.1) is 11.3 Å². The van der Waals surface area contributed by atoms with Gasteiger partial charge in [0, 0.05) is 17.4 Å². The average Bonchev–Trinajstić information content (AvgIpc) is 2.51. The third kappa shape index (κ3) is 1.87. The number of terminal acetylenes is 1. The number of hydrogen-bond donors (Lipinski definition) is 0. The lowest BCUT2D eigenvalue weighted by Crippen LogP contribution is -2.30. The highest BCUT2D eigenvalue weighted by atomic mass is 79.9. The smallest absolute Gasteiger partial charge is 0.299 e. The SMILES string of the molecule is C#CCCN1C(=O)C(=O)c2cc(Br)cc(C)c21. The molecule has 17 heavy (non-hydrogen) atoms. The van der Waals surface area contributed by atoms with E-state index in [0.717, 1.165) is 10.0 Å². The van der Waals surface area contributed by atoms with Crippen molar-refractivity contribution < 1.29 is 9.59 Å². The van der Waals surface area contributed by atoms with Crippen LogP contribution in [0.25, 0.3) is 0 Å². The molecule has 0 saturated carbocycles. The highest BCUT2D eigenvalue weighted by Gasteiger charge is 2.36. The third-order valence-electron chi connectivity index (χ3n) is 2.70. The molecule has 0 radical (unpaired) electrons. The molecule has 0 spiro atoms. The monoisotopic (exact) mass is 291 g/mol. The summed E-state index contributed by atoms with van der Waals surface area (Å²) in [5, 5.41) is 0. The van der Waals surface area contributed by atoms with Crippen LogP contribution in [0.3, 0.4) is 0 Å². The second kappa shape index (κ2) is 4.34. The third-order valence-corrected chi connectivity index (χ3v) is 3.16. The molecular weight excluding hydrogens is 282 g/mol. The van der Waals surface area contributed by atoms with E-state index in [1.807, 2.05) is 13.0 Å². The predicted octanol–water partition coefficient (Wildman–Crippen LogP) is 2.31. The predicted molar refractivity (Wildman–Crippen MR) is 69.0 cm³/mol. The summed E-state index contributed by atoms with van der Waals surface area (Å²) in [6.45, 7) is 2.26. The molecule has 0 aliphatic carbocycles. The number of Topliss-reactive ketones (excluding diaryl/α,β-unsaturated/α-hetero) is 1. The first-order valence-corrected chi connectivity index (χ1v) is 5.95. The van der Waals surface area contributed by atoms with E-state index in [1.54, 1.807) is 6.07 Å². The number of aryl methyl sites for hydroxylation is 1. The Hall–Kier alpha value is -1.60. The molecule has 2 rings (SSSR count). The molecule has 0 unspecified atom stereocenters. The normalized spacial score (nSPS) is 13.8. The number of halogens is 1. The van der Waals surface area contributed by atoms with E-state index >= 15 is 0 Å². The van der Waals surface area contributed by atoms with Crippen molar-refractivity contribution in [2.45, 2.75) is 13.3 Å². The summed E-state index contributed by atoms with van der Waals surface area (Å²) < 4.78 is 0.800. The topological polar surface area (TPSA) is 37.4 Å².